The van der Waals surface area contributed by atoms with Crippen LogP contribution in [0.5, 0.6) is 5.75 Å². The smallest absolute Gasteiger partial charge is 0.232 e. The van der Waals surface area contributed by atoms with Gasteiger partial charge in [0.25, 0.3) is 0 Å². The van der Waals surface area contributed by atoms with Crippen molar-refractivity contribution in [1.82, 2.24) is 9.80 Å². The maximum Gasteiger partial charge on any atom is 0.232 e. The quantitative estimate of drug-likeness (QED) is 0.150. The number of aryl methyl sites for hydroxylation is 2. The predicted octanol–water partition coefficient (Wildman–Crippen LogP) is 8.08. The third-order valence-corrected chi connectivity index (χ3v) is 11.6. The molecule has 3 aliphatic rings. The van der Waals surface area contributed by atoms with Crippen molar-refractivity contribution in [3.05, 3.63) is 161 Å². The fraction of sp³-hybridized carbons (Fsp3) is 0.354. The van der Waals surface area contributed by atoms with Gasteiger partial charge in [-0.25, -0.2) is 0 Å². The average molecular weight is 721 g/mol. The van der Waals surface area contributed by atoms with Gasteiger partial charge in [-0.15, -0.1) is 0 Å². The van der Waals surface area contributed by atoms with Gasteiger partial charge in [-0.3, -0.25) is 4.79 Å². The molecular weight excluding hydrogens is 665 g/mol. The highest BCUT2D eigenvalue weighted by Crippen LogP contribution is 2.44. The number of amides is 1. The van der Waals surface area contributed by atoms with Gasteiger partial charge in [0.15, 0.2) is 0 Å². The summed E-state index contributed by atoms with van der Waals surface area (Å²) in [5, 5.41) is 0. The van der Waals surface area contributed by atoms with E-state index in [2.05, 4.69) is 102 Å². The fourth-order valence-electron chi connectivity index (χ4n) is 9.16. The maximum atomic E-state index is 13.2. The Balaban J connectivity index is 0.000000179. The molecule has 54 heavy (non-hydrogen) atoms. The molecule has 3 heterocycles. The van der Waals surface area contributed by atoms with Crippen molar-refractivity contribution in [2.45, 2.75) is 44.4 Å². The molecule has 3 aliphatic heterocycles. The second-order valence-corrected chi connectivity index (χ2v) is 15.7. The normalized spacial score (nSPS) is 17.0. The molecule has 5 aromatic rings. The molecule has 0 aromatic heterocycles. The molecule has 2 N–H and O–H groups in total. The number of fused-ring (bicyclic) bond motifs is 3. The van der Waals surface area contributed by atoms with Crippen LogP contribution in [0.15, 0.2) is 127 Å². The number of ether oxygens (including phenoxy) is 1. The van der Waals surface area contributed by atoms with E-state index in [9.17, 15) is 4.79 Å². The number of nitrogens with zero attached hydrogens (tertiary/aromatic N) is 3. The lowest BCUT2D eigenvalue weighted by Gasteiger charge is -2.37. The summed E-state index contributed by atoms with van der Waals surface area (Å²) >= 11 is 0. The molecule has 6 heteroatoms. The Morgan fingerprint density at radius 3 is 1.98 bits per heavy atom. The van der Waals surface area contributed by atoms with E-state index in [1.54, 1.807) is 0 Å². The molecule has 8 rings (SSSR count). The summed E-state index contributed by atoms with van der Waals surface area (Å²) < 4.78 is 5.64. The van der Waals surface area contributed by atoms with Crippen molar-refractivity contribution in [3.63, 3.8) is 0 Å². The molecule has 1 unspecified atom stereocenters. The van der Waals surface area contributed by atoms with E-state index in [1.807, 2.05) is 60.7 Å². The highest BCUT2D eigenvalue weighted by atomic mass is 16.5. The Morgan fingerprint density at radius 2 is 1.39 bits per heavy atom. The van der Waals surface area contributed by atoms with Crippen molar-refractivity contribution in [2.24, 2.45) is 17.6 Å². The van der Waals surface area contributed by atoms with E-state index < -0.39 is 5.41 Å². The standard InChI is InChI=1S/C28H30N2O2.C20H26N2/c29-27(31)28(23-7-3-1-4-8-23,24-9-5-2-6-10-24)25-14-17-30(20-25)16-13-21-11-12-26-22(19-21)15-18-32-26;1-16(14-21(2)3)15-22-19-10-6-4-8-17(19)12-13-18-9-5-7-11-20(18)22/h1-12,19,25H,13-18,20H2,(H2,29,31);4-11,16H,12-15H2,1-3H3/t25-;/m1./s1. The highest BCUT2D eigenvalue weighted by Gasteiger charge is 2.49. The van der Waals surface area contributed by atoms with Crippen LogP contribution < -0.4 is 15.4 Å². The van der Waals surface area contributed by atoms with Crippen molar-refractivity contribution in [1.29, 1.82) is 0 Å². The number of rotatable bonds is 11. The number of carbonyl (C=O) groups excluding carboxylic acids is 1. The molecule has 0 bridgehead atoms. The van der Waals surface area contributed by atoms with Crippen LogP contribution in [0.3, 0.4) is 0 Å². The summed E-state index contributed by atoms with van der Waals surface area (Å²) in [4.78, 5) is 20.5. The predicted molar refractivity (Wildman–Crippen MR) is 222 cm³/mol. The Bertz CT molecular complexity index is 1910. The van der Waals surface area contributed by atoms with Gasteiger partial charge < -0.3 is 25.2 Å². The largest absolute Gasteiger partial charge is 0.493 e. The van der Waals surface area contributed by atoms with E-state index >= 15 is 0 Å². The number of hydrogen-bond donors (Lipinski definition) is 1. The number of likely N-dealkylation sites (tertiary alicyclic amines) is 1. The lowest BCUT2D eigenvalue weighted by molar-refractivity contribution is -0.123. The lowest BCUT2D eigenvalue weighted by Crippen LogP contribution is -2.49. The van der Waals surface area contributed by atoms with Crippen LogP contribution in [0, 0.1) is 11.8 Å². The summed E-state index contributed by atoms with van der Waals surface area (Å²) in [6.45, 7) is 8.13. The summed E-state index contributed by atoms with van der Waals surface area (Å²) in [5.41, 5.74) is 15.8. The third kappa shape index (κ3) is 8.11. The van der Waals surface area contributed by atoms with Gasteiger partial charge in [-0.1, -0.05) is 116 Å². The van der Waals surface area contributed by atoms with Crippen LogP contribution in [-0.2, 0) is 35.9 Å². The zero-order valence-corrected chi connectivity index (χ0v) is 32.3. The van der Waals surface area contributed by atoms with Crippen LogP contribution in [-0.4, -0.2) is 69.1 Å². The number of para-hydroxylation sites is 2. The molecule has 2 atom stereocenters. The first-order valence-corrected chi connectivity index (χ1v) is 19.8. The Morgan fingerprint density at radius 1 is 0.796 bits per heavy atom. The molecule has 6 nitrogen and oxygen atoms in total. The highest BCUT2D eigenvalue weighted by molar-refractivity contribution is 5.91. The van der Waals surface area contributed by atoms with E-state index in [4.69, 9.17) is 10.5 Å². The van der Waals surface area contributed by atoms with Gasteiger partial charge >= 0.3 is 0 Å². The molecule has 280 valence electrons. The van der Waals surface area contributed by atoms with Crippen LogP contribution >= 0.6 is 0 Å². The van der Waals surface area contributed by atoms with E-state index in [0.717, 1.165) is 88.3 Å². The molecule has 5 aromatic carbocycles. The fourth-order valence-corrected chi connectivity index (χ4v) is 9.16. The minimum absolute atomic E-state index is 0.137. The van der Waals surface area contributed by atoms with E-state index in [1.165, 1.54) is 33.6 Å². The van der Waals surface area contributed by atoms with Crippen LogP contribution in [0.25, 0.3) is 0 Å². The number of nitrogens with two attached hydrogens (primary N) is 1. The zero-order chi connectivity index (χ0) is 37.5. The monoisotopic (exact) mass is 720 g/mol. The number of anilines is 2. The summed E-state index contributed by atoms with van der Waals surface area (Å²) in [6.07, 6.45) is 5.22. The first kappa shape index (κ1) is 37.4. The molecule has 1 amide bonds. The minimum atomic E-state index is -0.817. The van der Waals surface area contributed by atoms with Crippen LogP contribution in [0.2, 0.25) is 0 Å². The third-order valence-electron chi connectivity index (χ3n) is 11.6. The molecule has 0 spiro atoms. The number of carbonyl (C=O) groups is 1. The molecule has 0 aliphatic carbocycles. The van der Waals surface area contributed by atoms with E-state index in [-0.39, 0.29) is 11.8 Å². The summed E-state index contributed by atoms with van der Waals surface area (Å²) in [6, 6.07) is 44.5. The number of benzene rings is 5. The second-order valence-electron chi connectivity index (χ2n) is 15.7. The van der Waals surface area contributed by atoms with Crippen molar-refractivity contribution >= 4 is 17.3 Å². The Labute approximate surface area is 322 Å². The molecule has 1 saturated heterocycles. The lowest BCUT2D eigenvalue weighted by atomic mass is 9.64. The SMILES string of the molecule is CC(CN(C)C)CN1c2ccccc2CCc2ccccc21.NC(=O)C(c1ccccc1)(c1ccccc1)[C@@H]1CCN(CCc2ccc3c(c2)CCO3)C1. The zero-order valence-electron chi connectivity index (χ0n) is 32.3. The van der Waals surface area contributed by atoms with Gasteiger partial charge in [0.1, 0.15) is 11.2 Å². The first-order chi connectivity index (χ1) is 26.3. The van der Waals surface area contributed by atoms with E-state index in [0.29, 0.717) is 5.92 Å². The summed E-state index contributed by atoms with van der Waals surface area (Å²) in [7, 11) is 4.31. The average Bonchev–Trinajstić information content (AvgIpc) is 3.84. The molecule has 1 fully saturated rings. The topological polar surface area (TPSA) is 62.0 Å². The summed E-state index contributed by atoms with van der Waals surface area (Å²) in [5.74, 6) is 1.53. The number of primary amides is 1. The van der Waals surface area contributed by atoms with Gasteiger partial charge in [0, 0.05) is 44.0 Å². The van der Waals surface area contributed by atoms with Gasteiger partial charge in [0.2, 0.25) is 5.91 Å². The molecule has 0 saturated carbocycles. The van der Waals surface area contributed by atoms with Crippen molar-refractivity contribution in [3.8, 4) is 5.75 Å². The Hall–Kier alpha value is -4.91. The van der Waals surface area contributed by atoms with Gasteiger partial charge in [-0.2, -0.15) is 0 Å². The Kier molecular flexibility index (Phi) is 11.8. The van der Waals surface area contributed by atoms with Gasteiger partial charge in [0.05, 0.1) is 6.61 Å². The first-order valence-electron chi connectivity index (χ1n) is 19.8. The van der Waals surface area contributed by atoms with Gasteiger partial charge in [-0.05, 0) is 110 Å². The maximum absolute atomic E-state index is 13.2. The minimum Gasteiger partial charge on any atom is -0.493 e. The second kappa shape index (κ2) is 17.0. The van der Waals surface area contributed by atoms with Crippen LogP contribution in [0.1, 0.15) is 46.7 Å². The number of hydrogen-bond acceptors (Lipinski definition) is 5. The molecule has 0 radical (unpaired) electrons. The van der Waals surface area contributed by atoms with Crippen molar-refractivity contribution in [2.75, 3.05) is 58.3 Å². The molecular formula is C48H56N4O2. The van der Waals surface area contributed by atoms with Crippen molar-refractivity contribution < 1.29 is 9.53 Å². The van der Waals surface area contributed by atoms with Crippen LogP contribution in [0.4, 0.5) is 11.4 Å².